The van der Waals surface area contributed by atoms with E-state index in [4.69, 9.17) is 21.3 Å². The summed E-state index contributed by atoms with van der Waals surface area (Å²) < 4.78 is 5.88. The minimum absolute atomic E-state index is 0.156. The Kier molecular flexibility index (Phi) is 8.16. The lowest BCUT2D eigenvalue weighted by molar-refractivity contribution is -0.140. The third-order valence-corrected chi connectivity index (χ3v) is 7.20. The first-order valence-corrected chi connectivity index (χ1v) is 12.5. The van der Waals surface area contributed by atoms with Gasteiger partial charge in [0.2, 0.25) is 0 Å². The Morgan fingerprint density at radius 1 is 1.24 bits per heavy atom. The van der Waals surface area contributed by atoms with Crippen LogP contribution in [0.4, 0.5) is 0 Å². The molecule has 4 rings (SSSR count). The molecule has 34 heavy (non-hydrogen) atoms. The topological polar surface area (TPSA) is 101 Å². The lowest BCUT2D eigenvalue weighted by Gasteiger charge is -2.35. The number of carbonyl (C=O) groups excluding carboxylic acids is 1. The number of ether oxygens (including phenoxy) is 1. The van der Waals surface area contributed by atoms with Gasteiger partial charge in [-0.3, -0.25) is 14.8 Å². The van der Waals surface area contributed by atoms with E-state index in [1.54, 1.807) is 6.92 Å². The molecule has 2 aliphatic carbocycles. The Balaban J connectivity index is 1.17. The van der Waals surface area contributed by atoms with Crippen molar-refractivity contribution in [1.82, 2.24) is 15.3 Å². The Bertz CT molecular complexity index is 1020. The van der Waals surface area contributed by atoms with Crippen molar-refractivity contribution in [3.05, 3.63) is 57.6 Å². The van der Waals surface area contributed by atoms with Gasteiger partial charge in [0.25, 0.3) is 5.91 Å². The number of aryl methyl sites for hydroxylation is 4. The molecule has 0 aromatic carbocycles. The van der Waals surface area contributed by atoms with Gasteiger partial charge in [-0.15, -0.1) is 0 Å². The lowest BCUT2D eigenvalue weighted by Crippen LogP contribution is -2.42. The number of rotatable bonds is 10. The quantitative estimate of drug-likeness (QED) is 0.519. The van der Waals surface area contributed by atoms with Gasteiger partial charge in [-0.2, -0.15) is 0 Å². The standard InChI is InChI=1S/C26H32ClN3O4/c1-16-14-28-15-21(27)24(16)25(31)30-23(26(32)33)10-11-34-20-12-17(13-20)6-8-19-9-7-18-4-2-3-5-22(18)29-19/h7,9,14-15,17,20,23H,2-6,8,10-13H2,1H3,(H,30,31)(H,32,33). The number of aliphatic carboxylic acids is 1. The van der Waals surface area contributed by atoms with Crippen LogP contribution in [0.1, 0.15) is 71.4 Å². The molecule has 0 spiro atoms. The lowest BCUT2D eigenvalue weighted by atomic mass is 9.79. The highest BCUT2D eigenvalue weighted by Gasteiger charge is 2.30. The number of nitrogens with one attached hydrogen (secondary N) is 1. The van der Waals surface area contributed by atoms with Crippen LogP contribution in [0.25, 0.3) is 0 Å². The zero-order chi connectivity index (χ0) is 24.1. The molecule has 0 bridgehead atoms. The molecule has 182 valence electrons. The number of aromatic nitrogens is 2. The summed E-state index contributed by atoms with van der Waals surface area (Å²) in [7, 11) is 0. The van der Waals surface area contributed by atoms with Crippen LogP contribution < -0.4 is 5.32 Å². The maximum atomic E-state index is 12.5. The molecule has 2 aromatic rings. The molecule has 1 unspecified atom stereocenters. The summed E-state index contributed by atoms with van der Waals surface area (Å²) in [6, 6.07) is 3.39. The minimum Gasteiger partial charge on any atom is -0.480 e. The second-order valence-electron chi connectivity index (χ2n) is 9.45. The van der Waals surface area contributed by atoms with Crippen LogP contribution in [0.15, 0.2) is 24.5 Å². The van der Waals surface area contributed by atoms with E-state index in [2.05, 4.69) is 22.4 Å². The molecule has 1 fully saturated rings. The number of fused-ring (bicyclic) bond motifs is 1. The first kappa shape index (κ1) is 24.6. The fraction of sp³-hybridized carbons (Fsp3) is 0.538. The van der Waals surface area contributed by atoms with Crippen LogP contribution >= 0.6 is 11.6 Å². The third-order valence-electron chi connectivity index (χ3n) is 6.92. The summed E-state index contributed by atoms with van der Waals surface area (Å²) in [6.07, 6.45) is 12.1. The maximum absolute atomic E-state index is 12.5. The van der Waals surface area contributed by atoms with Crippen LogP contribution in [-0.2, 0) is 28.8 Å². The average molecular weight is 486 g/mol. The third kappa shape index (κ3) is 6.13. The summed E-state index contributed by atoms with van der Waals surface area (Å²) in [6.45, 7) is 1.99. The zero-order valence-corrected chi connectivity index (χ0v) is 20.3. The van der Waals surface area contributed by atoms with Crippen LogP contribution in [-0.4, -0.2) is 45.7 Å². The summed E-state index contributed by atoms with van der Waals surface area (Å²) in [4.78, 5) is 33.0. The molecule has 2 aliphatic rings. The second kappa shape index (κ2) is 11.3. The SMILES string of the molecule is Cc1cncc(Cl)c1C(=O)NC(CCOC1CC(CCc2ccc3c(n2)CCCC3)C1)C(=O)O. The number of carbonyl (C=O) groups is 2. The van der Waals surface area contributed by atoms with Gasteiger partial charge in [0.05, 0.1) is 16.7 Å². The number of halogens is 1. The summed E-state index contributed by atoms with van der Waals surface area (Å²) in [5.74, 6) is -0.991. The molecular weight excluding hydrogens is 454 g/mol. The normalized spacial score (nSPS) is 20.2. The molecule has 0 radical (unpaired) electrons. The maximum Gasteiger partial charge on any atom is 0.326 e. The molecule has 2 heterocycles. The molecule has 1 amide bonds. The van der Waals surface area contributed by atoms with Crippen molar-refractivity contribution in [3.63, 3.8) is 0 Å². The molecule has 1 atom stereocenters. The fourth-order valence-corrected chi connectivity index (χ4v) is 5.12. The molecule has 0 saturated heterocycles. The first-order chi connectivity index (χ1) is 16.4. The van der Waals surface area contributed by atoms with Gasteiger partial charge in [0, 0.05) is 36.8 Å². The number of hydrogen-bond donors (Lipinski definition) is 2. The van der Waals surface area contributed by atoms with Crippen LogP contribution in [0.3, 0.4) is 0 Å². The predicted molar refractivity (Wildman–Crippen MR) is 129 cm³/mol. The Morgan fingerprint density at radius 2 is 2.03 bits per heavy atom. The van der Waals surface area contributed by atoms with Gasteiger partial charge in [0.1, 0.15) is 6.04 Å². The van der Waals surface area contributed by atoms with Crippen molar-refractivity contribution >= 4 is 23.5 Å². The van der Waals surface area contributed by atoms with Gasteiger partial charge in [-0.1, -0.05) is 17.7 Å². The van der Waals surface area contributed by atoms with Crippen molar-refractivity contribution in [2.75, 3.05) is 6.61 Å². The highest BCUT2D eigenvalue weighted by molar-refractivity contribution is 6.33. The Morgan fingerprint density at radius 3 is 2.79 bits per heavy atom. The Labute approximate surface area is 205 Å². The molecular formula is C26H32ClN3O4. The van der Waals surface area contributed by atoms with Gasteiger partial charge < -0.3 is 15.2 Å². The summed E-state index contributed by atoms with van der Waals surface area (Å²) >= 11 is 6.07. The molecule has 0 aliphatic heterocycles. The highest BCUT2D eigenvalue weighted by atomic mass is 35.5. The first-order valence-electron chi connectivity index (χ1n) is 12.1. The number of pyridine rings is 2. The van der Waals surface area contributed by atoms with E-state index in [9.17, 15) is 14.7 Å². The van der Waals surface area contributed by atoms with E-state index < -0.39 is 17.9 Å². The van der Waals surface area contributed by atoms with Crippen molar-refractivity contribution in [1.29, 1.82) is 0 Å². The molecule has 1 saturated carbocycles. The number of carboxylic acid groups (broad SMARTS) is 1. The van der Waals surface area contributed by atoms with Crippen LogP contribution in [0.2, 0.25) is 5.02 Å². The van der Waals surface area contributed by atoms with E-state index in [1.807, 2.05) is 0 Å². The van der Waals surface area contributed by atoms with Crippen molar-refractivity contribution < 1.29 is 19.4 Å². The number of hydrogen-bond acceptors (Lipinski definition) is 5. The molecule has 2 N–H and O–H groups in total. The largest absolute Gasteiger partial charge is 0.480 e. The van der Waals surface area contributed by atoms with Crippen molar-refractivity contribution in [2.24, 2.45) is 5.92 Å². The van der Waals surface area contributed by atoms with Gasteiger partial charge >= 0.3 is 5.97 Å². The molecule has 7 nitrogen and oxygen atoms in total. The van der Waals surface area contributed by atoms with E-state index in [0.717, 1.165) is 38.5 Å². The Hall–Kier alpha value is -2.51. The summed E-state index contributed by atoms with van der Waals surface area (Å²) in [5.41, 5.74) is 4.74. The minimum atomic E-state index is -1.09. The molecule has 8 heteroatoms. The second-order valence-corrected chi connectivity index (χ2v) is 9.86. The number of carboxylic acids is 1. The monoisotopic (exact) mass is 485 g/mol. The smallest absolute Gasteiger partial charge is 0.326 e. The zero-order valence-electron chi connectivity index (χ0n) is 19.6. The molecule has 2 aromatic heterocycles. The van der Waals surface area contributed by atoms with Gasteiger partial charge in [-0.05, 0) is 81.4 Å². The number of amides is 1. The van der Waals surface area contributed by atoms with Gasteiger partial charge in [-0.25, -0.2) is 4.79 Å². The fourth-order valence-electron chi connectivity index (χ4n) is 4.82. The van der Waals surface area contributed by atoms with E-state index in [-0.39, 0.29) is 29.7 Å². The van der Waals surface area contributed by atoms with E-state index in [1.165, 1.54) is 42.2 Å². The van der Waals surface area contributed by atoms with Crippen LogP contribution in [0.5, 0.6) is 0 Å². The highest BCUT2D eigenvalue weighted by Crippen LogP contribution is 2.34. The van der Waals surface area contributed by atoms with Crippen molar-refractivity contribution in [2.45, 2.75) is 76.9 Å². The van der Waals surface area contributed by atoms with E-state index >= 15 is 0 Å². The van der Waals surface area contributed by atoms with Gasteiger partial charge in [0.15, 0.2) is 0 Å². The van der Waals surface area contributed by atoms with Crippen molar-refractivity contribution in [3.8, 4) is 0 Å². The average Bonchev–Trinajstić information content (AvgIpc) is 2.78. The summed E-state index contributed by atoms with van der Waals surface area (Å²) in [5, 5.41) is 12.3. The predicted octanol–water partition coefficient (Wildman–Crippen LogP) is 4.32. The van der Waals surface area contributed by atoms with Crippen LogP contribution in [0, 0.1) is 12.8 Å². The number of nitrogens with zero attached hydrogens (tertiary/aromatic N) is 2. The van der Waals surface area contributed by atoms with E-state index in [0.29, 0.717) is 11.5 Å².